The van der Waals surface area contributed by atoms with E-state index in [-0.39, 0.29) is 18.5 Å². The molecule has 0 spiro atoms. The fourth-order valence-corrected chi connectivity index (χ4v) is 3.13. The number of amides is 1. The molecule has 1 amide bonds. The number of benzene rings is 1. The molecule has 0 unspecified atom stereocenters. The van der Waals surface area contributed by atoms with Crippen LogP contribution in [-0.4, -0.2) is 49.1 Å². The molecule has 1 aromatic carbocycles. The zero-order valence-electron chi connectivity index (χ0n) is 17.5. The summed E-state index contributed by atoms with van der Waals surface area (Å²) < 4.78 is 28.1. The summed E-state index contributed by atoms with van der Waals surface area (Å²) in [6.07, 6.45) is 1.37. The zero-order chi connectivity index (χ0) is 21.6. The van der Waals surface area contributed by atoms with Gasteiger partial charge in [0.15, 0.2) is 18.5 Å². The molecule has 0 aromatic heterocycles. The second-order valence-electron chi connectivity index (χ2n) is 8.17. The lowest BCUT2D eigenvalue weighted by Gasteiger charge is -2.40. The highest BCUT2D eigenvalue weighted by molar-refractivity contribution is 5.70. The largest absolute Gasteiger partial charge is 0.493 e. The highest BCUT2D eigenvalue weighted by Gasteiger charge is 2.41. The van der Waals surface area contributed by atoms with Crippen LogP contribution in [0.15, 0.2) is 42.7 Å². The van der Waals surface area contributed by atoms with Gasteiger partial charge in [-0.2, -0.15) is 0 Å². The molecule has 0 aliphatic carbocycles. The first-order chi connectivity index (χ1) is 14.3. The Morgan fingerprint density at radius 2 is 1.97 bits per heavy atom. The first kappa shape index (κ1) is 22.1. The molecule has 1 fully saturated rings. The Hall–Kier alpha value is -2.58. The average molecular weight is 419 g/mol. The molecule has 0 radical (unpaired) electrons. The van der Waals surface area contributed by atoms with Crippen molar-refractivity contribution < 1.29 is 33.3 Å². The maximum absolute atomic E-state index is 12.3. The van der Waals surface area contributed by atoms with Crippen LogP contribution in [0, 0.1) is 0 Å². The fourth-order valence-electron chi connectivity index (χ4n) is 3.13. The molecule has 2 aliphatic heterocycles. The molecule has 30 heavy (non-hydrogen) atoms. The summed E-state index contributed by atoms with van der Waals surface area (Å²) in [7, 11) is 0. The number of rotatable bonds is 6. The molecule has 1 N–H and O–H groups in total. The third kappa shape index (κ3) is 6.47. The third-order valence-corrected chi connectivity index (χ3v) is 4.47. The minimum absolute atomic E-state index is 0.164. The predicted octanol–water partition coefficient (Wildman–Crippen LogP) is 3.23. The average Bonchev–Trinajstić information content (AvgIpc) is 2.70. The highest BCUT2D eigenvalue weighted by atomic mass is 16.7. The van der Waals surface area contributed by atoms with E-state index >= 15 is 0 Å². The maximum Gasteiger partial charge on any atom is 0.407 e. The van der Waals surface area contributed by atoms with Crippen molar-refractivity contribution in [3.63, 3.8) is 0 Å². The van der Waals surface area contributed by atoms with E-state index in [0.29, 0.717) is 19.6 Å². The number of alkyl carbamates (subject to hydrolysis) is 1. The SMILES string of the molecule is CC(C)(C)OC(=O)NCCCC(=O)O[C@H]1C=CO[C@@H]2CO[C@@H](c3ccccc3)O[C@@H]12. The van der Waals surface area contributed by atoms with Gasteiger partial charge in [-0.05, 0) is 33.3 Å². The lowest BCUT2D eigenvalue weighted by Crippen LogP contribution is -2.50. The summed E-state index contributed by atoms with van der Waals surface area (Å²) in [5.41, 5.74) is 0.333. The fraction of sp³-hybridized carbons (Fsp3) is 0.545. The van der Waals surface area contributed by atoms with Crippen molar-refractivity contribution in [3.8, 4) is 0 Å². The van der Waals surface area contributed by atoms with Gasteiger partial charge in [0.25, 0.3) is 0 Å². The van der Waals surface area contributed by atoms with Gasteiger partial charge in [-0.1, -0.05) is 30.3 Å². The van der Waals surface area contributed by atoms with Crippen LogP contribution >= 0.6 is 0 Å². The molecule has 1 saturated heterocycles. The number of esters is 1. The number of hydrogen-bond donors (Lipinski definition) is 1. The Kier molecular flexibility index (Phi) is 7.33. The van der Waals surface area contributed by atoms with E-state index < -0.39 is 30.2 Å². The van der Waals surface area contributed by atoms with Gasteiger partial charge in [-0.25, -0.2) is 4.79 Å². The summed E-state index contributed by atoms with van der Waals surface area (Å²) in [6, 6.07) is 9.58. The lowest BCUT2D eigenvalue weighted by atomic mass is 10.0. The summed E-state index contributed by atoms with van der Waals surface area (Å²) in [5.74, 6) is -0.373. The minimum Gasteiger partial charge on any atom is -0.493 e. The van der Waals surface area contributed by atoms with Crippen molar-refractivity contribution in [2.75, 3.05) is 13.2 Å². The number of nitrogens with one attached hydrogen (secondary N) is 1. The van der Waals surface area contributed by atoms with E-state index in [9.17, 15) is 9.59 Å². The van der Waals surface area contributed by atoms with Crippen molar-refractivity contribution in [1.82, 2.24) is 5.32 Å². The van der Waals surface area contributed by atoms with Gasteiger partial charge in [0, 0.05) is 18.5 Å². The number of fused-ring (bicyclic) bond motifs is 1. The van der Waals surface area contributed by atoms with E-state index in [1.807, 2.05) is 30.3 Å². The van der Waals surface area contributed by atoms with Gasteiger partial charge >= 0.3 is 12.1 Å². The summed E-state index contributed by atoms with van der Waals surface area (Å²) >= 11 is 0. The van der Waals surface area contributed by atoms with E-state index in [1.165, 1.54) is 6.26 Å². The summed E-state index contributed by atoms with van der Waals surface area (Å²) in [5, 5.41) is 2.62. The van der Waals surface area contributed by atoms with Crippen molar-refractivity contribution >= 4 is 12.1 Å². The topological polar surface area (TPSA) is 92.3 Å². The van der Waals surface area contributed by atoms with Crippen LogP contribution in [0.1, 0.15) is 45.5 Å². The van der Waals surface area contributed by atoms with Crippen LogP contribution in [0.4, 0.5) is 4.79 Å². The number of carbonyl (C=O) groups is 2. The van der Waals surface area contributed by atoms with Crippen molar-refractivity contribution in [3.05, 3.63) is 48.2 Å². The monoisotopic (exact) mass is 419 g/mol. The summed E-state index contributed by atoms with van der Waals surface area (Å²) in [6.45, 7) is 6.03. The Balaban J connectivity index is 1.45. The lowest BCUT2D eigenvalue weighted by molar-refractivity contribution is -0.278. The van der Waals surface area contributed by atoms with Crippen LogP contribution in [0.3, 0.4) is 0 Å². The van der Waals surface area contributed by atoms with E-state index in [4.69, 9.17) is 23.7 Å². The van der Waals surface area contributed by atoms with Gasteiger partial charge in [0.1, 0.15) is 11.7 Å². The van der Waals surface area contributed by atoms with Crippen LogP contribution in [0.2, 0.25) is 0 Å². The molecule has 0 saturated carbocycles. The van der Waals surface area contributed by atoms with Gasteiger partial charge in [0.05, 0.1) is 12.9 Å². The molecular formula is C22H29NO7. The molecule has 1 aromatic rings. The minimum atomic E-state index is -0.565. The number of ether oxygens (including phenoxy) is 5. The van der Waals surface area contributed by atoms with E-state index in [0.717, 1.165) is 5.56 Å². The van der Waals surface area contributed by atoms with Crippen LogP contribution < -0.4 is 5.32 Å². The molecule has 2 aliphatic rings. The summed E-state index contributed by atoms with van der Waals surface area (Å²) in [4.78, 5) is 23.9. The normalized spacial score (nSPS) is 25.6. The van der Waals surface area contributed by atoms with E-state index in [1.54, 1.807) is 26.8 Å². The number of hydrogen-bond acceptors (Lipinski definition) is 7. The van der Waals surface area contributed by atoms with Crippen molar-refractivity contribution in [1.29, 1.82) is 0 Å². The zero-order valence-corrected chi connectivity index (χ0v) is 17.5. The Morgan fingerprint density at radius 1 is 1.20 bits per heavy atom. The third-order valence-electron chi connectivity index (χ3n) is 4.47. The molecule has 3 rings (SSSR count). The van der Waals surface area contributed by atoms with E-state index in [2.05, 4.69) is 5.32 Å². The van der Waals surface area contributed by atoms with Gasteiger partial charge in [0.2, 0.25) is 0 Å². The van der Waals surface area contributed by atoms with Gasteiger partial charge in [-0.15, -0.1) is 0 Å². The maximum atomic E-state index is 12.3. The van der Waals surface area contributed by atoms with Crippen LogP contribution in [0.5, 0.6) is 0 Å². The first-order valence-corrected chi connectivity index (χ1v) is 10.1. The van der Waals surface area contributed by atoms with Crippen LogP contribution in [0.25, 0.3) is 0 Å². The Bertz CT molecular complexity index is 744. The Morgan fingerprint density at radius 3 is 2.70 bits per heavy atom. The van der Waals surface area contributed by atoms with Gasteiger partial charge < -0.3 is 29.0 Å². The number of carbonyl (C=O) groups excluding carboxylic acids is 2. The molecule has 2 heterocycles. The molecule has 4 atom stereocenters. The molecular weight excluding hydrogens is 390 g/mol. The second kappa shape index (κ2) is 9.95. The Labute approximate surface area is 176 Å². The second-order valence-corrected chi connectivity index (χ2v) is 8.17. The molecule has 8 heteroatoms. The predicted molar refractivity (Wildman–Crippen MR) is 107 cm³/mol. The smallest absolute Gasteiger partial charge is 0.407 e. The van der Waals surface area contributed by atoms with Gasteiger partial charge in [-0.3, -0.25) is 4.79 Å². The molecule has 164 valence electrons. The van der Waals surface area contributed by atoms with Crippen molar-refractivity contribution in [2.45, 2.75) is 63.8 Å². The quantitative estimate of drug-likeness (QED) is 0.559. The molecule has 8 nitrogen and oxygen atoms in total. The molecule has 0 bridgehead atoms. The van der Waals surface area contributed by atoms with Crippen LogP contribution in [-0.2, 0) is 28.5 Å². The standard InChI is InChI=1S/C22H29NO7/c1-22(2,3)30-21(25)23-12-7-10-18(24)28-16-11-13-26-17-14-27-20(29-19(16)17)15-8-5-4-6-9-15/h4-6,8-9,11,13,16-17,19-20H,7,10,12,14H2,1-3H3,(H,23,25)/t16-,17+,19-,20+/m0/s1. The highest BCUT2D eigenvalue weighted by Crippen LogP contribution is 2.32. The van der Waals surface area contributed by atoms with Crippen molar-refractivity contribution in [2.24, 2.45) is 0 Å². The first-order valence-electron chi connectivity index (χ1n) is 10.1.